The molecule has 0 aliphatic carbocycles. The Balaban J connectivity index is -0.0000000800. The maximum absolute atomic E-state index is 8.63. The van der Waals surface area contributed by atoms with Gasteiger partial charge in [0.05, 0.1) is 0 Å². The summed E-state index contributed by atoms with van der Waals surface area (Å²) in [5.74, 6) is 0. The second-order valence-electron chi connectivity index (χ2n) is 0.354. The fourth-order valence-electron chi connectivity index (χ4n) is 0. The molecule has 0 aromatic carbocycles. The van der Waals surface area contributed by atoms with Gasteiger partial charge in [0.1, 0.15) is 0 Å². The van der Waals surface area contributed by atoms with Crippen molar-refractivity contribution in [2.24, 2.45) is 0 Å². The molecule has 0 rings (SSSR count). The van der Waals surface area contributed by atoms with Gasteiger partial charge in [-0.25, -0.2) is 0 Å². The molecule has 7 heavy (non-hydrogen) atoms. The molecule has 0 aliphatic heterocycles. The zero-order chi connectivity index (χ0) is 4.50. The summed E-state index contributed by atoms with van der Waals surface area (Å²) in [6.07, 6.45) is 0. The fourth-order valence-corrected chi connectivity index (χ4v) is 0. The first kappa shape index (κ1) is 16.6. The first-order chi connectivity index (χ1) is 2.00. The molecule has 0 bridgehead atoms. The summed E-state index contributed by atoms with van der Waals surface area (Å²) >= 11 is -6.06. The zero-order valence-corrected chi connectivity index (χ0v) is 4.53. The minimum absolute atomic E-state index is 0. The van der Waals surface area contributed by atoms with Crippen LogP contribution >= 0.6 is 0 Å². The molecule has 0 fully saturated rings. The molecule has 0 spiro atoms. The van der Waals surface area contributed by atoms with Crippen molar-refractivity contribution < 1.29 is 29.0 Å². The van der Waals surface area contributed by atoms with E-state index in [2.05, 4.69) is 0 Å². The predicted molar refractivity (Wildman–Crippen MR) is 17.0 cm³/mol. The van der Waals surface area contributed by atoms with E-state index in [0.29, 0.717) is 0 Å². The molecule has 7 heteroatoms. The van der Waals surface area contributed by atoms with Gasteiger partial charge in [0.2, 0.25) is 0 Å². The summed E-state index contributed by atoms with van der Waals surface area (Å²) in [4.78, 5) is 0. The van der Waals surface area contributed by atoms with Crippen LogP contribution in [-0.2, 0) is 29.0 Å². The Labute approximate surface area is 128 Å². The van der Waals surface area contributed by atoms with Crippen LogP contribution in [0.2, 0.25) is 0 Å². The molecule has 0 N–H and O–H groups in total. The second kappa shape index (κ2) is 7.22. The van der Waals surface area contributed by atoms with E-state index in [4.69, 9.17) is 14.2 Å². The molecule has 0 aromatic heterocycles. The molecule has 0 atom stereocenters. The first-order valence-corrected chi connectivity index (χ1v) is 4.73. The van der Waals surface area contributed by atoms with Gasteiger partial charge in [-0.2, -0.15) is 0 Å². The molecular formula is H2K2O4Os. The van der Waals surface area contributed by atoms with Crippen molar-refractivity contribution in [3.05, 3.63) is 0 Å². The first-order valence-electron chi connectivity index (χ1n) is 0.577. The summed E-state index contributed by atoms with van der Waals surface area (Å²) in [6.45, 7) is 0. The number of hydrogen-bond donors (Lipinski definition) is 0. The summed E-state index contributed by atoms with van der Waals surface area (Å²) in [7, 11) is 0. The van der Waals surface area contributed by atoms with Crippen LogP contribution in [0.25, 0.3) is 0 Å². The van der Waals surface area contributed by atoms with Crippen LogP contribution in [0, 0.1) is 0 Å². The van der Waals surface area contributed by atoms with Gasteiger partial charge < -0.3 is 0 Å². The van der Waals surface area contributed by atoms with Crippen molar-refractivity contribution in [1.29, 1.82) is 0 Å². The predicted octanol–water partition coefficient (Wildman–Crippen LogP) is -1.77. The van der Waals surface area contributed by atoms with Crippen LogP contribution in [-0.4, -0.2) is 103 Å². The van der Waals surface area contributed by atoms with Crippen molar-refractivity contribution in [2.75, 3.05) is 0 Å². The molecular weight excluding hydrogens is 332 g/mol. The quantitative estimate of drug-likeness (QED) is 0.492. The Hall–Kier alpha value is 3.11. The van der Waals surface area contributed by atoms with Crippen molar-refractivity contribution in [2.45, 2.75) is 0 Å². The van der Waals surface area contributed by atoms with Gasteiger partial charge in [0.15, 0.2) is 0 Å². The van der Waals surface area contributed by atoms with E-state index in [0.717, 1.165) is 0 Å². The number of hydrogen-bond acceptors (Lipinski definition) is 4. The van der Waals surface area contributed by atoms with E-state index < -0.39 is 14.8 Å². The number of rotatable bonds is 0. The summed E-state index contributed by atoms with van der Waals surface area (Å²) in [5.41, 5.74) is 0. The van der Waals surface area contributed by atoms with Crippen molar-refractivity contribution in [3.8, 4) is 0 Å². The molecule has 0 amide bonds. The molecule has 0 aliphatic rings. The van der Waals surface area contributed by atoms with Crippen molar-refractivity contribution in [1.82, 2.24) is 0 Å². The summed E-state index contributed by atoms with van der Waals surface area (Å²) < 4.78 is 34.5. The van der Waals surface area contributed by atoms with E-state index in [1.165, 1.54) is 0 Å². The SMILES string of the molecule is [KH].[KH].[O]=[Os](=[O])(=[O])=[O]. The van der Waals surface area contributed by atoms with Crippen molar-refractivity contribution >= 4 is 103 Å². The van der Waals surface area contributed by atoms with E-state index in [-0.39, 0.29) is 103 Å². The van der Waals surface area contributed by atoms with Gasteiger partial charge in [0.25, 0.3) is 0 Å². The van der Waals surface area contributed by atoms with Crippen molar-refractivity contribution in [3.63, 3.8) is 0 Å². The third-order valence-electron chi connectivity index (χ3n) is 0. The standard InChI is InChI=1S/2K.4O.Os.2H. The van der Waals surface area contributed by atoms with Gasteiger partial charge in [-0.05, 0) is 0 Å². The van der Waals surface area contributed by atoms with E-state index in [9.17, 15) is 0 Å². The molecule has 4 nitrogen and oxygen atoms in total. The Kier molecular flexibility index (Phi) is 17.1. The molecule has 0 saturated heterocycles. The monoisotopic (exact) mass is 336 g/mol. The topological polar surface area (TPSA) is 68.3 Å². The van der Waals surface area contributed by atoms with Crippen LogP contribution < -0.4 is 0 Å². The normalized spacial score (nSPS) is 8.00. The van der Waals surface area contributed by atoms with Crippen LogP contribution in [0.15, 0.2) is 0 Å². The average molecular weight is 334 g/mol. The Bertz CT molecular complexity index is 161. The minimum atomic E-state index is -6.06. The summed E-state index contributed by atoms with van der Waals surface area (Å²) in [6, 6.07) is 0. The maximum atomic E-state index is 8.63. The van der Waals surface area contributed by atoms with E-state index in [1.807, 2.05) is 0 Å². The van der Waals surface area contributed by atoms with Crippen LogP contribution in [0.1, 0.15) is 0 Å². The van der Waals surface area contributed by atoms with Gasteiger partial charge in [-0.3, -0.25) is 0 Å². The zero-order valence-electron chi connectivity index (χ0n) is 1.99. The Morgan fingerprint density at radius 1 is 0.714 bits per heavy atom. The summed E-state index contributed by atoms with van der Waals surface area (Å²) in [5, 5.41) is 0. The third kappa shape index (κ3) is 47.6. The fraction of sp³-hybridized carbons (Fsp3) is 0. The second-order valence-corrected chi connectivity index (χ2v) is 2.89. The molecule has 0 saturated carbocycles. The van der Waals surface area contributed by atoms with E-state index in [1.54, 1.807) is 0 Å². The molecule has 0 aromatic rings. The van der Waals surface area contributed by atoms with E-state index >= 15 is 0 Å². The van der Waals surface area contributed by atoms with Crippen LogP contribution in [0.4, 0.5) is 0 Å². The molecule has 0 unspecified atom stereocenters. The van der Waals surface area contributed by atoms with Crippen LogP contribution in [0.3, 0.4) is 0 Å². The average Bonchev–Trinajstić information content (AvgIpc) is 0.722. The van der Waals surface area contributed by atoms with Gasteiger partial charge in [-0.15, -0.1) is 0 Å². The molecule has 0 radical (unpaired) electrons. The Morgan fingerprint density at radius 3 is 0.714 bits per heavy atom. The van der Waals surface area contributed by atoms with Gasteiger partial charge >= 0.3 is 132 Å². The Morgan fingerprint density at radius 2 is 0.714 bits per heavy atom. The van der Waals surface area contributed by atoms with Crippen LogP contribution in [0.5, 0.6) is 0 Å². The molecule has 36 valence electrons. The van der Waals surface area contributed by atoms with Gasteiger partial charge in [-0.1, -0.05) is 0 Å². The third-order valence-corrected chi connectivity index (χ3v) is 0. The molecule has 0 heterocycles. The van der Waals surface area contributed by atoms with Gasteiger partial charge in [0, 0.05) is 0 Å².